The van der Waals surface area contributed by atoms with Crippen LogP contribution in [0, 0.1) is 3.57 Å². The molecule has 0 unspecified atom stereocenters. The average molecular weight is 477 g/mol. The van der Waals surface area contributed by atoms with E-state index < -0.39 is 0 Å². The van der Waals surface area contributed by atoms with Crippen molar-refractivity contribution in [3.63, 3.8) is 0 Å². The first-order valence-corrected chi connectivity index (χ1v) is 10.8. The normalized spacial score (nSPS) is 14.5. The van der Waals surface area contributed by atoms with Gasteiger partial charge in [-0.1, -0.05) is 25.0 Å². The van der Waals surface area contributed by atoms with Gasteiger partial charge in [0.2, 0.25) is 0 Å². The van der Waals surface area contributed by atoms with Crippen LogP contribution in [0.4, 0.5) is 11.4 Å². The van der Waals surface area contributed by atoms with Crippen molar-refractivity contribution >= 4 is 61.4 Å². The summed E-state index contributed by atoms with van der Waals surface area (Å²) in [6.07, 6.45) is 7.01. The van der Waals surface area contributed by atoms with Gasteiger partial charge in [0, 0.05) is 14.7 Å². The zero-order valence-electron chi connectivity index (χ0n) is 14.3. The standard InChI is InChI=1S/C20H20IN3OS/c21-14-8-5-6-10-16(14)23-19(25)18-17(22)13-11-12-7-3-1-2-4-9-15(12)24-20(13)26-18/h5-6,8,10-11H,1-4,7,9,22H2,(H,23,25). The quantitative estimate of drug-likeness (QED) is 0.486. The van der Waals surface area contributed by atoms with Crippen LogP contribution in [-0.4, -0.2) is 10.9 Å². The summed E-state index contributed by atoms with van der Waals surface area (Å²) < 4.78 is 0.999. The van der Waals surface area contributed by atoms with Gasteiger partial charge < -0.3 is 11.1 Å². The summed E-state index contributed by atoms with van der Waals surface area (Å²) in [7, 11) is 0. The van der Waals surface area contributed by atoms with E-state index in [-0.39, 0.29) is 5.91 Å². The third-order valence-electron chi connectivity index (χ3n) is 4.83. The third-order valence-corrected chi connectivity index (χ3v) is 6.88. The minimum absolute atomic E-state index is 0.165. The van der Waals surface area contributed by atoms with Crippen molar-refractivity contribution in [2.24, 2.45) is 0 Å². The fourth-order valence-corrected chi connectivity index (χ4v) is 4.94. The number of nitrogens with two attached hydrogens (primary N) is 1. The molecule has 6 heteroatoms. The highest BCUT2D eigenvalue weighted by molar-refractivity contribution is 14.1. The Hall–Kier alpha value is -1.67. The van der Waals surface area contributed by atoms with Gasteiger partial charge in [0.25, 0.3) is 5.91 Å². The molecule has 1 aromatic carbocycles. The first kappa shape index (κ1) is 17.7. The minimum Gasteiger partial charge on any atom is -0.397 e. The minimum atomic E-state index is -0.165. The highest BCUT2D eigenvalue weighted by Gasteiger charge is 2.20. The van der Waals surface area contributed by atoms with Gasteiger partial charge in [0.15, 0.2) is 0 Å². The van der Waals surface area contributed by atoms with E-state index in [0.717, 1.165) is 32.3 Å². The first-order chi connectivity index (χ1) is 12.6. The van der Waals surface area contributed by atoms with Crippen LogP contribution in [-0.2, 0) is 12.8 Å². The van der Waals surface area contributed by atoms with Gasteiger partial charge in [-0.05, 0) is 72.0 Å². The molecule has 0 radical (unpaired) electrons. The second-order valence-corrected chi connectivity index (χ2v) is 8.80. The lowest BCUT2D eigenvalue weighted by Crippen LogP contribution is -2.12. The molecular formula is C20H20IN3OS. The van der Waals surface area contributed by atoms with Crippen molar-refractivity contribution in [3.05, 3.63) is 50.0 Å². The van der Waals surface area contributed by atoms with E-state index in [9.17, 15) is 4.79 Å². The number of benzene rings is 1. The maximum Gasteiger partial charge on any atom is 0.267 e. The number of halogens is 1. The van der Waals surface area contributed by atoms with Crippen LogP contribution in [0.1, 0.15) is 46.6 Å². The summed E-state index contributed by atoms with van der Waals surface area (Å²) in [5.41, 5.74) is 10.2. The number of nitrogens with zero attached hydrogens (tertiary/aromatic N) is 1. The van der Waals surface area contributed by atoms with E-state index in [2.05, 4.69) is 34.0 Å². The molecule has 3 aromatic rings. The highest BCUT2D eigenvalue weighted by Crippen LogP contribution is 2.35. The van der Waals surface area contributed by atoms with Crippen molar-refractivity contribution in [2.75, 3.05) is 11.1 Å². The Labute approximate surface area is 170 Å². The number of aromatic nitrogens is 1. The van der Waals surface area contributed by atoms with E-state index in [1.165, 1.54) is 48.3 Å². The lowest BCUT2D eigenvalue weighted by molar-refractivity contribution is 0.103. The van der Waals surface area contributed by atoms with Crippen molar-refractivity contribution in [2.45, 2.75) is 38.5 Å². The number of anilines is 2. The second kappa shape index (κ2) is 7.52. The second-order valence-electron chi connectivity index (χ2n) is 6.64. The summed E-state index contributed by atoms with van der Waals surface area (Å²) in [5.74, 6) is -0.165. The predicted molar refractivity (Wildman–Crippen MR) is 117 cm³/mol. The molecule has 4 rings (SSSR count). The molecule has 2 heterocycles. The van der Waals surface area contributed by atoms with E-state index >= 15 is 0 Å². The number of nitrogen functional groups attached to an aromatic ring is 1. The number of aryl methyl sites for hydroxylation is 2. The lowest BCUT2D eigenvalue weighted by Gasteiger charge is -2.12. The molecule has 134 valence electrons. The van der Waals surface area contributed by atoms with Crippen LogP contribution in [0.15, 0.2) is 30.3 Å². The van der Waals surface area contributed by atoms with E-state index in [1.807, 2.05) is 24.3 Å². The maximum atomic E-state index is 12.8. The molecule has 0 fully saturated rings. The van der Waals surface area contributed by atoms with Crippen LogP contribution >= 0.6 is 33.9 Å². The molecule has 0 atom stereocenters. The fourth-order valence-electron chi connectivity index (χ4n) is 3.42. The number of amides is 1. The molecule has 0 spiro atoms. The van der Waals surface area contributed by atoms with Crippen LogP contribution in [0.5, 0.6) is 0 Å². The number of carbonyl (C=O) groups excluding carboxylic acids is 1. The van der Waals surface area contributed by atoms with Gasteiger partial charge in [-0.15, -0.1) is 11.3 Å². The van der Waals surface area contributed by atoms with Crippen molar-refractivity contribution in [3.8, 4) is 0 Å². The molecule has 1 amide bonds. The number of thiophene rings is 1. The Kier molecular flexibility index (Phi) is 5.13. The third kappa shape index (κ3) is 3.44. The molecule has 0 aliphatic heterocycles. The topological polar surface area (TPSA) is 68.0 Å². The van der Waals surface area contributed by atoms with Gasteiger partial charge in [-0.2, -0.15) is 0 Å². The van der Waals surface area contributed by atoms with Gasteiger partial charge in [0.05, 0.1) is 11.4 Å². The Morgan fingerprint density at radius 2 is 1.92 bits per heavy atom. The van der Waals surface area contributed by atoms with Gasteiger partial charge in [-0.3, -0.25) is 4.79 Å². The Balaban J connectivity index is 1.70. The smallest absolute Gasteiger partial charge is 0.267 e. The average Bonchev–Trinajstić information content (AvgIpc) is 2.93. The van der Waals surface area contributed by atoms with Crippen molar-refractivity contribution in [1.29, 1.82) is 0 Å². The summed E-state index contributed by atoms with van der Waals surface area (Å²) in [5, 5.41) is 3.89. The molecular weight excluding hydrogens is 457 g/mol. The Morgan fingerprint density at radius 3 is 2.73 bits per heavy atom. The number of hydrogen-bond donors (Lipinski definition) is 2. The summed E-state index contributed by atoms with van der Waals surface area (Å²) in [4.78, 5) is 19.1. The molecule has 0 saturated carbocycles. The molecule has 3 N–H and O–H groups in total. The Bertz CT molecular complexity index is 983. The summed E-state index contributed by atoms with van der Waals surface area (Å²) in [6, 6.07) is 9.88. The molecule has 1 aliphatic carbocycles. The van der Waals surface area contributed by atoms with E-state index in [4.69, 9.17) is 10.7 Å². The summed E-state index contributed by atoms with van der Waals surface area (Å²) in [6.45, 7) is 0. The number of para-hydroxylation sites is 1. The van der Waals surface area contributed by atoms with E-state index in [0.29, 0.717) is 10.6 Å². The zero-order chi connectivity index (χ0) is 18.1. The lowest BCUT2D eigenvalue weighted by atomic mass is 9.96. The molecule has 0 bridgehead atoms. The number of rotatable bonds is 2. The van der Waals surface area contributed by atoms with Crippen LogP contribution < -0.4 is 11.1 Å². The maximum absolute atomic E-state index is 12.8. The largest absolute Gasteiger partial charge is 0.397 e. The highest BCUT2D eigenvalue weighted by atomic mass is 127. The number of nitrogens with one attached hydrogen (secondary N) is 1. The van der Waals surface area contributed by atoms with Crippen LogP contribution in [0.2, 0.25) is 0 Å². The van der Waals surface area contributed by atoms with Gasteiger partial charge in [0.1, 0.15) is 9.71 Å². The Morgan fingerprint density at radius 1 is 1.15 bits per heavy atom. The number of fused-ring (bicyclic) bond motifs is 2. The van der Waals surface area contributed by atoms with E-state index in [1.54, 1.807) is 0 Å². The molecule has 2 aromatic heterocycles. The van der Waals surface area contributed by atoms with Crippen molar-refractivity contribution < 1.29 is 4.79 Å². The fraction of sp³-hybridized carbons (Fsp3) is 0.300. The monoisotopic (exact) mass is 477 g/mol. The van der Waals surface area contributed by atoms with Crippen molar-refractivity contribution in [1.82, 2.24) is 4.98 Å². The SMILES string of the molecule is Nc1c(C(=O)Nc2ccccc2I)sc2nc3c(cc12)CCCCCC3. The van der Waals surface area contributed by atoms with Gasteiger partial charge in [-0.25, -0.2) is 4.98 Å². The van der Waals surface area contributed by atoms with Gasteiger partial charge >= 0.3 is 0 Å². The molecule has 4 nitrogen and oxygen atoms in total. The van der Waals surface area contributed by atoms with Crippen LogP contribution in [0.25, 0.3) is 10.2 Å². The van der Waals surface area contributed by atoms with Crippen LogP contribution in [0.3, 0.4) is 0 Å². The number of carbonyl (C=O) groups is 1. The molecule has 0 saturated heterocycles. The number of hydrogen-bond acceptors (Lipinski definition) is 4. The summed E-state index contributed by atoms with van der Waals surface area (Å²) >= 11 is 3.61. The number of pyridine rings is 1. The predicted octanol–water partition coefficient (Wildman–Crippen LogP) is 5.39. The molecule has 1 aliphatic rings. The first-order valence-electron chi connectivity index (χ1n) is 8.90. The molecule has 26 heavy (non-hydrogen) atoms. The zero-order valence-corrected chi connectivity index (χ0v) is 17.3.